The number of hydrogen-bond donors (Lipinski definition) is 3. The minimum atomic E-state index is -0.470. The Bertz CT molecular complexity index is 1530. The van der Waals surface area contributed by atoms with Crippen LogP contribution in [-0.4, -0.2) is 25.1 Å². The van der Waals surface area contributed by atoms with Gasteiger partial charge in [-0.2, -0.15) is 5.10 Å². The number of halogens is 1. The molecule has 0 unspecified atom stereocenters. The summed E-state index contributed by atoms with van der Waals surface area (Å²) < 4.78 is 13.5. The summed E-state index contributed by atoms with van der Waals surface area (Å²) in [5.41, 5.74) is 5.05. The number of fused-ring (bicyclic) bond motifs is 3. The second kappa shape index (κ2) is 8.92. The molecule has 37 heavy (non-hydrogen) atoms. The molecule has 1 fully saturated rings. The van der Waals surface area contributed by atoms with Crippen LogP contribution in [0.25, 0.3) is 22.3 Å². The number of benzene rings is 2. The van der Waals surface area contributed by atoms with Crippen molar-refractivity contribution in [2.45, 2.75) is 50.1 Å². The van der Waals surface area contributed by atoms with E-state index in [1.54, 1.807) is 12.1 Å². The standard InChI is InChI=1S/C30H29FN6/c31-21-15-13-19(14-16-21)28-34-29(37-36-28)25-18-23-22-10-4-5-11-24(22)33-27(23)30(35-25,20-8-2-1-3-9-20)26-12-6-7-17-32-26/h4-7,10-17,20,25,33,35H,1-3,8-9,18H2,(H,34,36,37)/t25-,30+/m1/s1. The Hall–Kier alpha value is -3.84. The van der Waals surface area contributed by atoms with Gasteiger partial charge in [-0.15, -0.1) is 0 Å². The van der Waals surface area contributed by atoms with Crippen LogP contribution in [0.2, 0.25) is 0 Å². The predicted octanol–water partition coefficient (Wildman–Crippen LogP) is 6.20. The third kappa shape index (κ3) is 3.68. The van der Waals surface area contributed by atoms with Gasteiger partial charge in [0.05, 0.1) is 11.7 Å². The number of nitrogens with one attached hydrogen (secondary N) is 3. The topological polar surface area (TPSA) is 82.3 Å². The summed E-state index contributed by atoms with van der Waals surface area (Å²) in [4.78, 5) is 13.7. The van der Waals surface area contributed by atoms with E-state index in [-0.39, 0.29) is 11.9 Å². The van der Waals surface area contributed by atoms with Crippen LogP contribution in [-0.2, 0) is 12.0 Å². The van der Waals surface area contributed by atoms with Crippen LogP contribution in [0, 0.1) is 11.7 Å². The van der Waals surface area contributed by atoms with E-state index in [0.29, 0.717) is 11.7 Å². The molecule has 0 radical (unpaired) electrons. The Balaban J connectivity index is 1.40. The van der Waals surface area contributed by atoms with Crippen molar-refractivity contribution in [3.05, 3.63) is 102 Å². The van der Waals surface area contributed by atoms with E-state index in [1.807, 2.05) is 12.3 Å². The Morgan fingerprint density at radius 1 is 0.892 bits per heavy atom. The molecular formula is C30H29FN6. The summed E-state index contributed by atoms with van der Waals surface area (Å²) in [6.07, 6.45) is 8.68. The molecule has 1 aliphatic heterocycles. The smallest absolute Gasteiger partial charge is 0.181 e. The molecule has 1 saturated carbocycles. The summed E-state index contributed by atoms with van der Waals surface area (Å²) >= 11 is 0. The van der Waals surface area contributed by atoms with Crippen LogP contribution >= 0.6 is 0 Å². The van der Waals surface area contributed by atoms with E-state index >= 15 is 0 Å². The third-order valence-corrected chi connectivity index (χ3v) is 8.24. The van der Waals surface area contributed by atoms with Crippen molar-refractivity contribution in [2.24, 2.45) is 5.92 Å². The first kappa shape index (κ1) is 22.4. The lowest BCUT2D eigenvalue weighted by molar-refractivity contribution is 0.157. The first-order valence-electron chi connectivity index (χ1n) is 13.2. The molecule has 0 spiro atoms. The molecule has 2 aliphatic rings. The maximum atomic E-state index is 13.5. The summed E-state index contributed by atoms with van der Waals surface area (Å²) in [5, 5.41) is 13.0. The number of aromatic amines is 2. The quantitative estimate of drug-likeness (QED) is 0.279. The number of rotatable bonds is 4. The van der Waals surface area contributed by atoms with Crippen molar-refractivity contribution in [2.75, 3.05) is 0 Å². The largest absolute Gasteiger partial charge is 0.356 e. The average molecular weight is 493 g/mol. The van der Waals surface area contributed by atoms with Gasteiger partial charge in [0, 0.05) is 28.4 Å². The zero-order chi connectivity index (χ0) is 24.8. The van der Waals surface area contributed by atoms with Gasteiger partial charge in [-0.05, 0) is 73.2 Å². The molecule has 3 N–H and O–H groups in total. The van der Waals surface area contributed by atoms with Crippen LogP contribution in [0.5, 0.6) is 0 Å². The number of hydrogen-bond acceptors (Lipinski definition) is 4. The summed E-state index contributed by atoms with van der Waals surface area (Å²) in [7, 11) is 0. The molecule has 186 valence electrons. The zero-order valence-corrected chi connectivity index (χ0v) is 20.5. The summed E-state index contributed by atoms with van der Waals surface area (Å²) in [5.74, 6) is 1.48. The van der Waals surface area contributed by atoms with Gasteiger partial charge < -0.3 is 4.98 Å². The highest BCUT2D eigenvalue weighted by molar-refractivity contribution is 5.86. The van der Waals surface area contributed by atoms with Gasteiger partial charge in [0.1, 0.15) is 17.2 Å². The predicted molar refractivity (Wildman–Crippen MR) is 141 cm³/mol. The van der Waals surface area contributed by atoms with Gasteiger partial charge in [-0.1, -0.05) is 43.5 Å². The van der Waals surface area contributed by atoms with Crippen LogP contribution in [0.3, 0.4) is 0 Å². The number of H-pyrrole nitrogens is 2. The van der Waals surface area contributed by atoms with Crippen molar-refractivity contribution in [3.8, 4) is 11.4 Å². The minimum Gasteiger partial charge on any atom is -0.356 e. The zero-order valence-electron chi connectivity index (χ0n) is 20.5. The molecule has 3 aromatic heterocycles. The number of para-hydroxylation sites is 1. The van der Waals surface area contributed by atoms with Gasteiger partial charge >= 0.3 is 0 Å². The molecule has 7 heteroatoms. The first-order chi connectivity index (χ1) is 18.2. The Morgan fingerprint density at radius 3 is 2.51 bits per heavy atom. The lowest BCUT2D eigenvalue weighted by Crippen LogP contribution is -2.55. The molecular weight excluding hydrogens is 463 g/mol. The van der Waals surface area contributed by atoms with Crippen molar-refractivity contribution in [3.63, 3.8) is 0 Å². The molecule has 6 nitrogen and oxygen atoms in total. The number of aromatic nitrogens is 5. The first-order valence-corrected chi connectivity index (χ1v) is 13.2. The fourth-order valence-electron chi connectivity index (χ4n) is 6.54. The van der Waals surface area contributed by atoms with Gasteiger partial charge in [-0.25, -0.2) is 9.37 Å². The fourth-order valence-corrected chi connectivity index (χ4v) is 6.54. The van der Waals surface area contributed by atoms with Crippen LogP contribution in [0.15, 0.2) is 72.9 Å². The van der Waals surface area contributed by atoms with Crippen molar-refractivity contribution < 1.29 is 4.39 Å². The highest BCUT2D eigenvalue weighted by Crippen LogP contribution is 2.50. The fraction of sp³-hybridized carbons (Fsp3) is 0.300. The molecule has 2 atom stereocenters. The maximum Gasteiger partial charge on any atom is 0.181 e. The lowest BCUT2D eigenvalue weighted by Gasteiger charge is -2.47. The Labute approximate surface area is 214 Å². The summed E-state index contributed by atoms with van der Waals surface area (Å²) in [6.45, 7) is 0. The van der Waals surface area contributed by atoms with Crippen LogP contribution in [0.1, 0.15) is 60.9 Å². The maximum absolute atomic E-state index is 13.5. The molecule has 5 aromatic rings. The second-order valence-electron chi connectivity index (χ2n) is 10.3. The molecule has 4 heterocycles. The van der Waals surface area contributed by atoms with Gasteiger partial charge in [-0.3, -0.25) is 15.4 Å². The van der Waals surface area contributed by atoms with E-state index in [9.17, 15) is 4.39 Å². The van der Waals surface area contributed by atoms with Crippen molar-refractivity contribution in [1.82, 2.24) is 30.5 Å². The highest BCUT2D eigenvalue weighted by Gasteiger charge is 2.50. The summed E-state index contributed by atoms with van der Waals surface area (Å²) in [6, 6.07) is 21.0. The molecule has 1 aliphatic carbocycles. The van der Waals surface area contributed by atoms with Gasteiger partial charge in [0.15, 0.2) is 5.82 Å². The monoisotopic (exact) mass is 492 g/mol. The van der Waals surface area contributed by atoms with Crippen LogP contribution in [0.4, 0.5) is 4.39 Å². The average Bonchev–Trinajstić information content (AvgIpc) is 3.60. The second-order valence-corrected chi connectivity index (χ2v) is 10.3. The molecule has 2 aromatic carbocycles. The minimum absolute atomic E-state index is 0.0858. The van der Waals surface area contributed by atoms with Crippen molar-refractivity contribution in [1.29, 1.82) is 0 Å². The Morgan fingerprint density at radius 2 is 1.70 bits per heavy atom. The molecule has 7 rings (SSSR count). The van der Waals surface area contributed by atoms with Crippen molar-refractivity contribution >= 4 is 10.9 Å². The number of nitrogens with zero attached hydrogens (tertiary/aromatic N) is 3. The molecule has 0 amide bonds. The van der Waals surface area contributed by atoms with Gasteiger partial charge in [0.2, 0.25) is 0 Å². The Kier molecular flexibility index (Phi) is 5.39. The van der Waals surface area contributed by atoms with E-state index in [1.165, 1.54) is 48.0 Å². The van der Waals surface area contributed by atoms with E-state index in [0.717, 1.165) is 41.9 Å². The van der Waals surface area contributed by atoms with Crippen LogP contribution < -0.4 is 5.32 Å². The highest BCUT2D eigenvalue weighted by atomic mass is 19.1. The lowest BCUT2D eigenvalue weighted by atomic mass is 9.67. The normalized spacial score (nSPS) is 22.2. The van der Waals surface area contributed by atoms with Gasteiger partial charge in [0.25, 0.3) is 0 Å². The van der Waals surface area contributed by atoms with E-state index in [4.69, 9.17) is 9.97 Å². The molecule has 0 bridgehead atoms. The third-order valence-electron chi connectivity index (χ3n) is 8.24. The van der Waals surface area contributed by atoms with E-state index < -0.39 is 5.54 Å². The molecule has 0 saturated heterocycles. The van der Waals surface area contributed by atoms with E-state index in [2.05, 4.69) is 56.9 Å². The SMILES string of the molecule is Fc1ccc(-c2n[nH]c([C@H]3Cc4c([nH]c5ccccc45)[C@@](c4ccccn4)(C4CCCCC4)N3)n2)cc1. The number of pyridine rings is 1.